The predicted octanol–water partition coefficient (Wildman–Crippen LogP) is 2.22. The van der Waals surface area contributed by atoms with Crippen LogP contribution in [0.2, 0.25) is 5.02 Å². The first-order valence-electron chi connectivity index (χ1n) is 5.70. The van der Waals surface area contributed by atoms with E-state index in [-0.39, 0.29) is 12.8 Å². The Kier molecular flexibility index (Phi) is 5.83. The molecule has 5 nitrogen and oxygen atoms in total. The van der Waals surface area contributed by atoms with Gasteiger partial charge in [0, 0.05) is 17.0 Å². The van der Waals surface area contributed by atoms with Crippen molar-refractivity contribution in [1.82, 2.24) is 5.32 Å². The maximum Gasteiger partial charge on any atom is 0.326 e. The highest BCUT2D eigenvalue weighted by Gasteiger charge is 2.20. The van der Waals surface area contributed by atoms with Crippen molar-refractivity contribution in [2.45, 2.75) is 25.3 Å². The molecule has 0 aliphatic rings. The Morgan fingerprint density at radius 1 is 1.37 bits per heavy atom. The zero-order valence-corrected chi connectivity index (χ0v) is 10.9. The van der Waals surface area contributed by atoms with Gasteiger partial charge in [-0.25, -0.2) is 4.79 Å². The molecular weight excluding hydrogens is 268 g/mol. The van der Waals surface area contributed by atoms with Crippen molar-refractivity contribution >= 4 is 23.5 Å². The highest BCUT2D eigenvalue weighted by atomic mass is 35.5. The number of nitriles is 1. The number of rotatable bonds is 6. The van der Waals surface area contributed by atoms with Crippen molar-refractivity contribution in [1.29, 1.82) is 5.26 Å². The highest BCUT2D eigenvalue weighted by molar-refractivity contribution is 6.30. The predicted molar refractivity (Wildman–Crippen MR) is 69.8 cm³/mol. The van der Waals surface area contributed by atoms with Gasteiger partial charge in [-0.2, -0.15) is 5.26 Å². The number of carboxylic acid groups (broad SMARTS) is 1. The Balaban J connectivity index is 2.63. The number of unbranched alkanes of at least 4 members (excludes halogenated alkanes) is 1. The second-order valence-electron chi connectivity index (χ2n) is 3.92. The number of nitrogens with one attached hydrogen (secondary N) is 1. The molecule has 6 heteroatoms. The number of halogens is 1. The molecule has 0 aromatic heterocycles. The van der Waals surface area contributed by atoms with Gasteiger partial charge in [0.15, 0.2) is 0 Å². The number of benzene rings is 1. The summed E-state index contributed by atoms with van der Waals surface area (Å²) in [6.45, 7) is 0. The van der Waals surface area contributed by atoms with Gasteiger partial charge in [-0.1, -0.05) is 11.6 Å². The summed E-state index contributed by atoms with van der Waals surface area (Å²) in [4.78, 5) is 22.8. The van der Waals surface area contributed by atoms with Gasteiger partial charge >= 0.3 is 5.97 Å². The zero-order valence-electron chi connectivity index (χ0n) is 10.1. The van der Waals surface area contributed by atoms with Gasteiger partial charge < -0.3 is 10.4 Å². The van der Waals surface area contributed by atoms with E-state index in [2.05, 4.69) is 5.32 Å². The summed E-state index contributed by atoms with van der Waals surface area (Å²) in [7, 11) is 0. The number of nitrogens with zero attached hydrogens (tertiary/aromatic N) is 1. The van der Waals surface area contributed by atoms with E-state index in [0.717, 1.165) is 0 Å². The van der Waals surface area contributed by atoms with E-state index in [1.807, 2.05) is 6.07 Å². The summed E-state index contributed by atoms with van der Waals surface area (Å²) in [6, 6.07) is 7.10. The van der Waals surface area contributed by atoms with E-state index in [0.29, 0.717) is 17.0 Å². The Morgan fingerprint density at radius 2 is 2.00 bits per heavy atom. The average molecular weight is 281 g/mol. The van der Waals surface area contributed by atoms with Crippen LogP contribution < -0.4 is 5.32 Å². The van der Waals surface area contributed by atoms with E-state index < -0.39 is 17.9 Å². The topological polar surface area (TPSA) is 90.2 Å². The lowest BCUT2D eigenvalue weighted by atomic mass is 10.1. The maximum absolute atomic E-state index is 11.8. The fourth-order valence-electron chi connectivity index (χ4n) is 1.49. The summed E-state index contributed by atoms with van der Waals surface area (Å²) in [5, 5.41) is 20.3. The molecule has 0 saturated heterocycles. The van der Waals surface area contributed by atoms with Crippen molar-refractivity contribution in [3.05, 3.63) is 34.9 Å². The molecule has 0 heterocycles. The van der Waals surface area contributed by atoms with E-state index in [1.54, 1.807) is 12.1 Å². The lowest BCUT2D eigenvalue weighted by Gasteiger charge is -2.13. The Bertz CT molecular complexity index is 494. The van der Waals surface area contributed by atoms with Crippen LogP contribution in [0.4, 0.5) is 0 Å². The fraction of sp³-hybridized carbons (Fsp3) is 0.308. The van der Waals surface area contributed by atoms with Crippen LogP contribution in [0, 0.1) is 11.3 Å². The molecule has 0 unspecified atom stereocenters. The van der Waals surface area contributed by atoms with Crippen LogP contribution in [-0.2, 0) is 4.79 Å². The van der Waals surface area contributed by atoms with E-state index in [1.165, 1.54) is 12.1 Å². The first kappa shape index (κ1) is 15.0. The molecule has 0 bridgehead atoms. The van der Waals surface area contributed by atoms with Crippen molar-refractivity contribution in [3.63, 3.8) is 0 Å². The molecule has 0 saturated carbocycles. The number of hydrogen-bond acceptors (Lipinski definition) is 3. The normalized spacial score (nSPS) is 11.4. The standard InChI is InChI=1S/C13H13ClN2O3/c14-10-6-4-9(5-7-10)12(17)16-11(13(18)19)3-1-2-8-15/h4-7,11H,1-3H2,(H,16,17)(H,18,19)/t11-/m0/s1. The third-order valence-electron chi connectivity index (χ3n) is 2.49. The Labute approximate surface area is 115 Å². The maximum atomic E-state index is 11.8. The van der Waals surface area contributed by atoms with Crippen LogP contribution in [0.15, 0.2) is 24.3 Å². The third-order valence-corrected chi connectivity index (χ3v) is 2.74. The number of hydrogen-bond donors (Lipinski definition) is 2. The quantitative estimate of drug-likeness (QED) is 0.782. The van der Waals surface area contributed by atoms with Crippen LogP contribution in [-0.4, -0.2) is 23.0 Å². The molecule has 19 heavy (non-hydrogen) atoms. The molecule has 0 radical (unpaired) electrons. The van der Waals surface area contributed by atoms with E-state index in [4.69, 9.17) is 22.0 Å². The number of carbonyl (C=O) groups is 2. The minimum atomic E-state index is -1.11. The first-order chi connectivity index (χ1) is 9.04. The Morgan fingerprint density at radius 3 is 2.53 bits per heavy atom. The van der Waals surface area contributed by atoms with Crippen LogP contribution in [0.1, 0.15) is 29.6 Å². The molecule has 1 atom stereocenters. The molecule has 1 aromatic carbocycles. The molecule has 0 aliphatic heterocycles. The molecule has 1 rings (SSSR count). The monoisotopic (exact) mass is 280 g/mol. The molecule has 0 spiro atoms. The Hall–Kier alpha value is -2.06. The average Bonchev–Trinajstić information content (AvgIpc) is 2.38. The van der Waals surface area contributed by atoms with Crippen molar-refractivity contribution in [2.75, 3.05) is 0 Å². The summed E-state index contributed by atoms with van der Waals surface area (Å²) in [6.07, 6.45) is 0.914. The molecule has 0 aliphatic carbocycles. The summed E-state index contributed by atoms with van der Waals surface area (Å²) in [5.41, 5.74) is 0.343. The van der Waals surface area contributed by atoms with Gasteiger partial charge in [0.05, 0.1) is 6.07 Å². The number of aliphatic carboxylic acids is 1. The molecule has 1 aromatic rings. The van der Waals surface area contributed by atoms with Crippen LogP contribution in [0.5, 0.6) is 0 Å². The molecule has 2 N–H and O–H groups in total. The highest BCUT2D eigenvalue weighted by Crippen LogP contribution is 2.10. The van der Waals surface area contributed by atoms with Gasteiger partial charge in [0.25, 0.3) is 5.91 Å². The van der Waals surface area contributed by atoms with Gasteiger partial charge in [-0.15, -0.1) is 0 Å². The summed E-state index contributed by atoms with van der Waals surface area (Å²) in [5.74, 6) is -1.58. The van der Waals surface area contributed by atoms with Crippen LogP contribution in [0.3, 0.4) is 0 Å². The minimum Gasteiger partial charge on any atom is -0.480 e. The fourth-order valence-corrected chi connectivity index (χ4v) is 1.61. The number of carboxylic acids is 1. The smallest absolute Gasteiger partial charge is 0.326 e. The zero-order chi connectivity index (χ0) is 14.3. The van der Waals surface area contributed by atoms with Gasteiger partial charge in [-0.05, 0) is 37.1 Å². The van der Waals surface area contributed by atoms with Crippen LogP contribution >= 0.6 is 11.6 Å². The molecule has 1 amide bonds. The third kappa shape index (κ3) is 4.98. The van der Waals surface area contributed by atoms with Crippen molar-refractivity contribution < 1.29 is 14.7 Å². The van der Waals surface area contributed by atoms with Crippen molar-refractivity contribution in [3.8, 4) is 6.07 Å². The second kappa shape index (κ2) is 7.39. The number of carbonyl (C=O) groups excluding carboxylic acids is 1. The van der Waals surface area contributed by atoms with Gasteiger partial charge in [0.2, 0.25) is 0 Å². The SMILES string of the molecule is N#CCCC[C@H](NC(=O)c1ccc(Cl)cc1)C(=O)O. The van der Waals surface area contributed by atoms with Gasteiger partial charge in [-0.3, -0.25) is 4.79 Å². The van der Waals surface area contributed by atoms with Crippen molar-refractivity contribution in [2.24, 2.45) is 0 Å². The largest absolute Gasteiger partial charge is 0.480 e. The lowest BCUT2D eigenvalue weighted by molar-refractivity contribution is -0.139. The molecule has 100 valence electrons. The first-order valence-corrected chi connectivity index (χ1v) is 6.08. The van der Waals surface area contributed by atoms with E-state index >= 15 is 0 Å². The van der Waals surface area contributed by atoms with Crippen LogP contribution in [0.25, 0.3) is 0 Å². The minimum absolute atomic E-state index is 0.224. The van der Waals surface area contributed by atoms with E-state index in [9.17, 15) is 9.59 Å². The second-order valence-corrected chi connectivity index (χ2v) is 4.36. The summed E-state index contributed by atoms with van der Waals surface area (Å²) >= 11 is 5.70. The van der Waals surface area contributed by atoms with Gasteiger partial charge in [0.1, 0.15) is 6.04 Å². The molecular formula is C13H13ClN2O3. The molecule has 0 fully saturated rings. The summed E-state index contributed by atoms with van der Waals surface area (Å²) < 4.78 is 0. The lowest BCUT2D eigenvalue weighted by Crippen LogP contribution is -2.40. The number of amides is 1.